The second-order valence-corrected chi connectivity index (χ2v) is 2.93. The fourth-order valence-electron chi connectivity index (χ4n) is 1.09. The van der Waals surface area contributed by atoms with Gasteiger partial charge >= 0.3 is 0 Å². The first-order valence-electron chi connectivity index (χ1n) is 5.39. The third kappa shape index (κ3) is 3.20. The van der Waals surface area contributed by atoms with E-state index in [-0.39, 0.29) is 10.8 Å². The normalized spacial score (nSPS) is 8.94. The molecule has 0 aliphatic heterocycles. The maximum atomic E-state index is 12.8. The summed E-state index contributed by atoms with van der Waals surface area (Å²) in [4.78, 5) is 0. The van der Waals surface area contributed by atoms with Crippen LogP contribution in [0, 0.1) is 12.7 Å². The van der Waals surface area contributed by atoms with Gasteiger partial charge in [-0.15, -0.1) is 0 Å². The van der Waals surface area contributed by atoms with Gasteiger partial charge in [-0.3, -0.25) is 0 Å². The van der Waals surface area contributed by atoms with Gasteiger partial charge in [0.15, 0.2) is 0 Å². The minimum absolute atomic E-state index is 0.279. The van der Waals surface area contributed by atoms with Crippen molar-refractivity contribution in [1.29, 1.82) is 0 Å². The number of hydrogen-bond acceptors (Lipinski definition) is 2. The van der Waals surface area contributed by atoms with Crippen molar-refractivity contribution >= 4 is 22.5 Å². The van der Waals surface area contributed by atoms with Crippen molar-refractivity contribution in [2.45, 2.75) is 34.6 Å². The number of halogens is 2. The molecule has 4 heteroatoms. The number of hydrogen-bond donors (Lipinski definition) is 0. The highest BCUT2D eigenvalue weighted by Crippen LogP contribution is 2.25. The van der Waals surface area contributed by atoms with Crippen LogP contribution in [0.5, 0.6) is 0 Å². The van der Waals surface area contributed by atoms with E-state index in [9.17, 15) is 4.39 Å². The molecule has 0 radical (unpaired) electrons. The molecule has 0 amide bonds. The van der Waals surface area contributed by atoms with Crippen molar-refractivity contribution in [3.63, 3.8) is 0 Å². The van der Waals surface area contributed by atoms with Crippen LogP contribution in [0.1, 0.15) is 33.5 Å². The number of rotatable bonds is 0. The number of benzene rings is 1. The van der Waals surface area contributed by atoms with Gasteiger partial charge in [0.25, 0.3) is 0 Å². The van der Waals surface area contributed by atoms with E-state index in [1.54, 1.807) is 6.92 Å². The van der Waals surface area contributed by atoms with Crippen LogP contribution in [0.15, 0.2) is 16.7 Å². The average Bonchev–Trinajstić information content (AvgIpc) is 2.67. The van der Waals surface area contributed by atoms with Gasteiger partial charge in [0.2, 0.25) is 0 Å². The summed E-state index contributed by atoms with van der Waals surface area (Å²) in [6.45, 7) is 9.71. The number of aromatic nitrogens is 1. The van der Waals surface area contributed by atoms with Crippen molar-refractivity contribution in [2.75, 3.05) is 0 Å². The van der Waals surface area contributed by atoms with Crippen LogP contribution in [0.4, 0.5) is 4.39 Å². The molecule has 0 unspecified atom stereocenters. The molecule has 2 aromatic rings. The highest BCUT2D eigenvalue weighted by Gasteiger charge is 2.09. The lowest BCUT2D eigenvalue weighted by Crippen LogP contribution is -1.76. The molecule has 0 saturated heterocycles. The van der Waals surface area contributed by atoms with E-state index in [4.69, 9.17) is 16.1 Å². The third-order valence-electron chi connectivity index (χ3n) is 1.68. The Labute approximate surface area is 100 Å². The van der Waals surface area contributed by atoms with Crippen LogP contribution in [-0.2, 0) is 0 Å². The number of fused-ring (bicyclic) bond motifs is 1. The Morgan fingerprint density at radius 3 is 2.31 bits per heavy atom. The zero-order chi connectivity index (χ0) is 12.7. The molecule has 1 aromatic carbocycles. The molecule has 0 aliphatic carbocycles. The second kappa shape index (κ2) is 7.23. The lowest BCUT2D eigenvalue weighted by molar-refractivity contribution is 0.405. The molecule has 0 N–H and O–H groups in total. The summed E-state index contributed by atoms with van der Waals surface area (Å²) >= 11 is 5.71. The summed E-state index contributed by atoms with van der Waals surface area (Å²) < 4.78 is 17.7. The third-order valence-corrected chi connectivity index (χ3v) is 1.97. The summed E-state index contributed by atoms with van der Waals surface area (Å²) in [5.74, 6) is 0.199. The molecular formula is C12H17ClFNO. The molecule has 2 rings (SSSR count). The monoisotopic (exact) mass is 245 g/mol. The quantitative estimate of drug-likeness (QED) is 0.654. The Hall–Kier alpha value is -1.09. The Morgan fingerprint density at radius 1 is 1.19 bits per heavy atom. The summed E-state index contributed by atoms with van der Waals surface area (Å²) in [7, 11) is 0. The topological polar surface area (TPSA) is 26.0 Å². The van der Waals surface area contributed by atoms with E-state index in [1.165, 1.54) is 12.1 Å². The van der Waals surface area contributed by atoms with Crippen molar-refractivity contribution in [1.82, 2.24) is 5.16 Å². The Kier molecular flexibility index (Phi) is 6.74. The molecule has 16 heavy (non-hydrogen) atoms. The summed E-state index contributed by atoms with van der Waals surface area (Å²) in [6, 6.07) is 2.57. The summed E-state index contributed by atoms with van der Waals surface area (Å²) in [6.07, 6.45) is 0. The molecular weight excluding hydrogens is 229 g/mol. The highest BCUT2D eigenvalue weighted by atomic mass is 35.5. The standard InChI is InChI=1S/C8H5ClFNO.2C2H6/c1-4-6-2-5(10)3-7(9)8(6)11-12-4;2*1-2/h2-3H,1H3;2*1-2H3. The van der Waals surface area contributed by atoms with Crippen molar-refractivity contribution < 1.29 is 8.91 Å². The lowest BCUT2D eigenvalue weighted by atomic mass is 10.2. The molecule has 0 saturated carbocycles. The first kappa shape index (κ1) is 14.9. The van der Waals surface area contributed by atoms with Gasteiger partial charge in [-0.05, 0) is 19.1 Å². The zero-order valence-electron chi connectivity index (χ0n) is 10.3. The van der Waals surface area contributed by atoms with Crippen LogP contribution in [-0.4, -0.2) is 5.16 Å². The maximum absolute atomic E-state index is 12.8. The van der Waals surface area contributed by atoms with Gasteiger partial charge in [-0.25, -0.2) is 4.39 Å². The van der Waals surface area contributed by atoms with Gasteiger partial charge in [-0.1, -0.05) is 44.5 Å². The Bertz CT molecular complexity index is 440. The molecule has 0 spiro atoms. The van der Waals surface area contributed by atoms with E-state index >= 15 is 0 Å². The molecule has 0 aliphatic rings. The number of nitrogens with zero attached hydrogens (tertiary/aromatic N) is 1. The summed E-state index contributed by atoms with van der Waals surface area (Å²) in [5, 5.41) is 4.59. The smallest absolute Gasteiger partial charge is 0.141 e. The second-order valence-electron chi connectivity index (χ2n) is 2.52. The molecule has 90 valence electrons. The van der Waals surface area contributed by atoms with E-state index < -0.39 is 0 Å². The summed E-state index contributed by atoms with van der Waals surface area (Å²) in [5.41, 5.74) is 0.510. The van der Waals surface area contributed by atoms with E-state index in [0.717, 1.165) is 0 Å². The van der Waals surface area contributed by atoms with E-state index in [2.05, 4.69) is 5.16 Å². The van der Waals surface area contributed by atoms with Crippen LogP contribution in [0.2, 0.25) is 5.02 Å². The maximum Gasteiger partial charge on any atom is 0.141 e. The van der Waals surface area contributed by atoms with Gasteiger partial charge in [-0.2, -0.15) is 0 Å². The molecule has 0 atom stereocenters. The molecule has 2 nitrogen and oxygen atoms in total. The van der Waals surface area contributed by atoms with Crippen LogP contribution >= 0.6 is 11.6 Å². The largest absolute Gasteiger partial charge is 0.360 e. The van der Waals surface area contributed by atoms with Gasteiger partial charge < -0.3 is 4.52 Å². The zero-order valence-corrected chi connectivity index (χ0v) is 11.0. The van der Waals surface area contributed by atoms with Crippen molar-refractivity contribution in [2.24, 2.45) is 0 Å². The van der Waals surface area contributed by atoms with Crippen molar-refractivity contribution in [3.05, 3.63) is 28.7 Å². The fourth-order valence-corrected chi connectivity index (χ4v) is 1.33. The van der Waals surface area contributed by atoms with Crippen molar-refractivity contribution in [3.8, 4) is 0 Å². The van der Waals surface area contributed by atoms with Gasteiger partial charge in [0, 0.05) is 5.39 Å². The molecule has 0 fully saturated rings. The average molecular weight is 246 g/mol. The first-order valence-corrected chi connectivity index (χ1v) is 5.77. The lowest BCUT2D eigenvalue weighted by Gasteiger charge is -1.91. The van der Waals surface area contributed by atoms with E-state index in [0.29, 0.717) is 16.7 Å². The van der Waals surface area contributed by atoms with Crippen LogP contribution in [0.3, 0.4) is 0 Å². The molecule has 0 bridgehead atoms. The first-order chi connectivity index (χ1) is 7.68. The Balaban J connectivity index is 0.000000509. The Morgan fingerprint density at radius 2 is 1.75 bits per heavy atom. The fraction of sp³-hybridized carbons (Fsp3) is 0.417. The predicted octanol–water partition coefficient (Wildman–Crippen LogP) is 4.98. The number of aryl methyl sites for hydroxylation is 1. The molecule has 1 aromatic heterocycles. The minimum atomic E-state index is -0.376. The highest BCUT2D eigenvalue weighted by molar-refractivity contribution is 6.35. The molecule has 1 heterocycles. The van der Waals surface area contributed by atoms with Gasteiger partial charge in [0.05, 0.1) is 5.02 Å². The van der Waals surface area contributed by atoms with Crippen LogP contribution < -0.4 is 0 Å². The minimum Gasteiger partial charge on any atom is -0.360 e. The van der Waals surface area contributed by atoms with Crippen LogP contribution in [0.25, 0.3) is 10.9 Å². The van der Waals surface area contributed by atoms with E-state index in [1.807, 2.05) is 27.7 Å². The SMILES string of the molecule is CC.CC.Cc1onc2c(Cl)cc(F)cc12. The van der Waals surface area contributed by atoms with Gasteiger partial charge in [0.1, 0.15) is 17.1 Å². The predicted molar refractivity (Wildman–Crippen MR) is 66.4 cm³/mol.